The van der Waals surface area contributed by atoms with E-state index in [9.17, 15) is 9.90 Å². The van der Waals surface area contributed by atoms with E-state index in [0.29, 0.717) is 6.42 Å². The lowest BCUT2D eigenvalue weighted by molar-refractivity contribution is 0.0375. The van der Waals surface area contributed by atoms with Crippen LogP contribution in [0.1, 0.15) is 30.9 Å². The van der Waals surface area contributed by atoms with Gasteiger partial charge in [-0.2, -0.15) is 0 Å². The minimum absolute atomic E-state index is 0.187. The SMILES string of the molecule is CCC(C)(O)C(=O)c1nncn1C. The van der Waals surface area contributed by atoms with Crippen LogP contribution in [0.25, 0.3) is 0 Å². The molecule has 0 saturated carbocycles. The Morgan fingerprint density at radius 3 is 2.77 bits per heavy atom. The summed E-state index contributed by atoms with van der Waals surface area (Å²) in [6.45, 7) is 3.22. The molecule has 0 spiro atoms. The van der Waals surface area contributed by atoms with Crippen molar-refractivity contribution in [3.8, 4) is 0 Å². The average molecular weight is 183 g/mol. The van der Waals surface area contributed by atoms with Crippen LogP contribution in [0.15, 0.2) is 6.33 Å². The topological polar surface area (TPSA) is 68.0 Å². The first-order valence-corrected chi connectivity index (χ1v) is 4.10. The molecule has 0 aliphatic carbocycles. The second kappa shape index (κ2) is 3.26. The molecule has 0 bridgehead atoms. The van der Waals surface area contributed by atoms with E-state index in [1.807, 2.05) is 0 Å². The predicted octanol–water partition coefficient (Wildman–Crippen LogP) is 0.159. The number of ketones is 1. The van der Waals surface area contributed by atoms with Crippen molar-refractivity contribution < 1.29 is 9.90 Å². The molecule has 5 heteroatoms. The largest absolute Gasteiger partial charge is 0.382 e. The fourth-order valence-electron chi connectivity index (χ4n) is 0.890. The Morgan fingerprint density at radius 2 is 2.38 bits per heavy atom. The van der Waals surface area contributed by atoms with E-state index in [1.165, 1.54) is 17.8 Å². The summed E-state index contributed by atoms with van der Waals surface area (Å²) >= 11 is 0. The molecule has 1 rings (SSSR count). The number of aryl methyl sites for hydroxylation is 1. The molecule has 13 heavy (non-hydrogen) atoms. The maximum absolute atomic E-state index is 11.6. The Bertz CT molecular complexity index is 317. The second-order valence-corrected chi connectivity index (χ2v) is 3.22. The molecule has 1 unspecified atom stereocenters. The summed E-state index contributed by atoms with van der Waals surface area (Å²) in [5, 5.41) is 16.9. The minimum atomic E-state index is -1.35. The number of nitrogens with zero attached hydrogens (tertiary/aromatic N) is 3. The van der Waals surface area contributed by atoms with Crippen LogP contribution in [0, 0.1) is 0 Å². The van der Waals surface area contributed by atoms with Gasteiger partial charge in [-0.3, -0.25) is 4.79 Å². The number of aromatic nitrogens is 3. The van der Waals surface area contributed by atoms with Crippen LogP contribution in [0.2, 0.25) is 0 Å². The monoisotopic (exact) mass is 183 g/mol. The summed E-state index contributed by atoms with van der Waals surface area (Å²) in [7, 11) is 1.67. The fraction of sp³-hybridized carbons (Fsp3) is 0.625. The maximum atomic E-state index is 11.6. The van der Waals surface area contributed by atoms with Crippen molar-refractivity contribution >= 4 is 5.78 Å². The van der Waals surface area contributed by atoms with Crippen LogP contribution in [0.3, 0.4) is 0 Å². The van der Waals surface area contributed by atoms with Crippen LogP contribution in [0.4, 0.5) is 0 Å². The molecule has 72 valence electrons. The number of aliphatic hydroxyl groups is 1. The highest BCUT2D eigenvalue weighted by Crippen LogP contribution is 2.14. The van der Waals surface area contributed by atoms with Crippen molar-refractivity contribution in [1.29, 1.82) is 0 Å². The van der Waals surface area contributed by atoms with Gasteiger partial charge < -0.3 is 9.67 Å². The molecule has 0 aliphatic rings. The van der Waals surface area contributed by atoms with Crippen molar-refractivity contribution in [2.75, 3.05) is 0 Å². The molecule has 0 saturated heterocycles. The molecule has 0 aliphatic heterocycles. The van der Waals surface area contributed by atoms with Crippen LogP contribution < -0.4 is 0 Å². The van der Waals surface area contributed by atoms with Crippen LogP contribution in [0.5, 0.6) is 0 Å². The van der Waals surface area contributed by atoms with Gasteiger partial charge in [0.1, 0.15) is 11.9 Å². The van der Waals surface area contributed by atoms with Crippen molar-refractivity contribution in [2.24, 2.45) is 7.05 Å². The predicted molar refractivity (Wildman–Crippen MR) is 46.2 cm³/mol. The van der Waals surface area contributed by atoms with Gasteiger partial charge in [0, 0.05) is 7.05 Å². The molecular weight excluding hydrogens is 170 g/mol. The van der Waals surface area contributed by atoms with Gasteiger partial charge in [0.05, 0.1) is 0 Å². The van der Waals surface area contributed by atoms with Crippen LogP contribution in [-0.2, 0) is 7.05 Å². The molecule has 1 atom stereocenters. The second-order valence-electron chi connectivity index (χ2n) is 3.22. The van der Waals surface area contributed by atoms with Crippen molar-refractivity contribution in [2.45, 2.75) is 25.9 Å². The Hall–Kier alpha value is -1.23. The molecule has 1 heterocycles. The third kappa shape index (κ3) is 1.75. The van der Waals surface area contributed by atoms with Gasteiger partial charge in [-0.15, -0.1) is 10.2 Å². The lowest BCUT2D eigenvalue weighted by Gasteiger charge is -2.18. The molecule has 0 aromatic carbocycles. The zero-order valence-corrected chi connectivity index (χ0v) is 7.98. The Morgan fingerprint density at radius 1 is 1.77 bits per heavy atom. The number of Topliss-reactive ketones (excluding diaryl/α,β-unsaturated/α-hetero) is 1. The molecule has 0 amide bonds. The van der Waals surface area contributed by atoms with Gasteiger partial charge in [0.25, 0.3) is 0 Å². The van der Waals surface area contributed by atoms with Gasteiger partial charge in [-0.25, -0.2) is 0 Å². The van der Waals surface area contributed by atoms with E-state index in [2.05, 4.69) is 10.2 Å². The number of carbonyl (C=O) groups excluding carboxylic acids is 1. The van der Waals surface area contributed by atoms with Crippen molar-refractivity contribution in [3.05, 3.63) is 12.2 Å². The summed E-state index contributed by atoms with van der Waals surface area (Å²) in [6, 6.07) is 0. The van der Waals surface area contributed by atoms with Gasteiger partial charge in [-0.05, 0) is 13.3 Å². The highest BCUT2D eigenvalue weighted by molar-refractivity contribution is 5.99. The van der Waals surface area contributed by atoms with Gasteiger partial charge in [0.15, 0.2) is 0 Å². The molecule has 1 aromatic rings. The zero-order valence-electron chi connectivity index (χ0n) is 7.98. The summed E-state index contributed by atoms with van der Waals surface area (Å²) in [4.78, 5) is 11.6. The normalized spacial score (nSPS) is 15.4. The minimum Gasteiger partial charge on any atom is -0.382 e. The third-order valence-corrected chi connectivity index (χ3v) is 2.09. The van der Waals surface area contributed by atoms with Gasteiger partial charge in [0.2, 0.25) is 11.6 Å². The van der Waals surface area contributed by atoms with Crippen molar-refractivity contribution in [1.82, 2.24) is 14.8 Å². The highest BCUT2D eigenvalue weighted by atomic mass is 16.3. The average Bonchev–Trinajstić information content (AvgIpc) is 2.50. The Balaban J connectivity index is 2.98. The van der Waals surface area contributed by atoms with E-state index >= 15 is 0 Å². The molecule has 0 fully saturated rings. The summed E-state index contributed by atoms with van der Waals surface area (Å²) in [5.74, 6) is -0.207. The zero-order chi connectivity index (χ0) is 10.1. The first-order chi connectivity index (χ1) is 5.99. The Labute approximate surface area is 76.4 Å². The lowest BCUT2D eigenvalue weighted by atomic mass is 9.97. The first-order valence-electron chi connectivity index (χ1n) is 4.10. The smallest absolute Gasteiger partial charge is 0.231 e. The maximum Gasteiger partial charge on any atom is 0.231 e. The molecule has 1 N–H and O–H groups in total. The van der Waals surface area contributed by atoms with E-state index in [-0.39, 0.29) is 5.82 Å². The third-order valence-electron chi connectivity index (χ3n) is 2.09. The van der Waals surface area contributed by atoms with E-state index < -0.39 is 11.4 Å². The number of hydrogen-bond donors (Lipinski definition) is 1. The van der Waals surface area contributed by atoms with E-state index in [1.54, 1.807) is 14.0 Å². The summed E-state index contributed by atoms with van der Waals surface area (Å²) in [6.07, 6.45) is 1.79. The summed E-state index contributed by atoms with van der Waals surface area (Å²) < 4.78 is 1.49. The van der Waals surface area contributed by atoms with E-state index in [0.717, 1.165) is 0 Å². The lowest BCUT2D eigenvalue weighted by Crippen LogP contribution is -2.35. The summed E-state index contributed by atoms with van der Waals surface area (Å²) in [5.41, 5.74) is -1.35. The Kier molecular flexibility index (Phi) is 2.47. The van der Waals surface area contributed by atoms with Crippen LogP contribution in [-0.4, -0.2) is 31.3 Å². The molecule has 5 nitrogen and oxygen atoms in total. The van der Waals surface area contributed by atoms with Gasteiger partial charge in [-0.1, -0.05) is 6.92 Å². The number of carbonyl (C=O) groups is 1. The quantitative estimate of drug-likeness (QED) is 0.678. The van der Waals surface area contributed by atoms with Crippen LogP contribution >= 0.6 is 0 Å². The highest BCUT2D eigenvalue weighted by Gasteiger charge is 2.31. The number of hydrogen-bond acceptors (Lipinski definition) is 4. The standard InChI is InChI=1S/C8H13N3O2/c1-4-8(2,13)6(12)7-10-9-5-11(7)3/h5,13H,4H2,1-3H3. The first kappa shape index (κ1) is 9.85. The molecular formula is C8H13N3O2. The van der Waals surface area contributed by atoms with Gasteiger partial charge >= 0.3 is 0 Å². The number of rotatable bonds is 3. The van der Waals surface area contributed by atoms with E-state index in [4.69, 9.17) is 0 Å². The van der Waals surface area contributed by atoms with Crippen molar-refractivity contribution in [3.63, 3.8) is 0 Å². The molecule has 1 aromatic heterocycles. The fourth-order valence-corrected chi connectivity index (χ4v) is 0.890. The molecule has 0 radical (unpaired) electrons.